The second-order valence-electron chi connectivity index (χ2n) is 5.98. The van der Waals surface area contributed by atoms with Crippen LogP contribution in [0.3, 0.4) is 0 Å². The molecule has 0 aliphatic heterocycles. The zero-order chi connectivity index (χ0) is 19.5. The first-order chi connectivity index (χ1) is 13.1. The van der Waals surface area contributed by atoms with Crippen molar-refractivity contribution in [2.45, 2.75) is 43.2 Å². The lowest BCUT2D eigenvalue weighted by molar-refractivity contribution is -0.388. The molecule has 8 heteroatoms. The van der Waals surface area contributed by atoms with Gasteiger partial charge in [0.1, 0.15) is 5.75 Å². The highest BCUT2D eigenvalue weighted by molar-refractivity contribution is 8.76. The number of ether oxygens (including phenoxy) is 1. The predicted molar refractivity (Wildman–Crippen MR) is 110 cm³/mol. The number of aliphatic hydroxyl groups is 1. The third kappa shape index (κ3) is 7.40. The summed E-state index contributed by atoms with van der Waals surface area (Å²) in [6.07, 6.45) is 6.02. The minimum Gasteiger partial charge on any atom is -0.497 e. The van der Waals surface area contributed by atoms with Crippen LogP contribution < -0.4 is 4.74 Å². The van der Waals surface area contributed by atoms with Gasteiger partial charge in [0.25, 0.3) is 0 Å². The van der Waals surface area contributed by atoms with Gasteiger partial charge in [-0.05, 0) is 47.4 Å². The zero-order valence-corrected chi connectivity index (χ0v) is 16.9. The Kier molecular flexibility index (Phi) is 9.44. The average Bonchev–Trinajstić information content (AvgIpc) is 2.70. The number of methoxy groups -OCH3 is 1. The lowest BCUT2D eigenvalue weighted by atomic mass is 10.0. The first-order valence-electron chi connectivity index (χ1n) is 8.82. The Labute approximate surface area is 167 Å². The van der Waals surface area contributed by atoms with Gasteiger partial charge in [-0.3, -0.25) is 10.1 Å². The molecule has 1 aromatic carbocycles. The SMILES string of the molecule is COc1ccc(C(O)CCCCCCSSc2ncccc2[N+](=O)[O-])cc1. The fourth-order valence-electron chi connectivity index (χ4n) is 2.53. The van der Waals surface area contributed by atoms with E-state index in [1.165, 1.54) is 16.9 Å². The van der Waals surface area contributed by atoms with Crippen LogP contribution in [0.15, 0.2) is 47.6 Å². The Balaban J connectivity index is 1.56. The molecule has 0 saturated heterocycles. The third-order valence-corrected chi connectivity index (χ3v) is 6.41. The van der Waals surface area contributed by atoms with Crippen molar-refractivity contribution < 1.29 is 14.8 Å². The largest absolute Gasteiger partial charge is 0.497 e. The van der Waals surface area contributed by atoms with Crippen LogP contribution >= 0.6 is 21.6 Å². The van der Waals surface area contributed by atoms with Crippen LogP contribution in [0.2, 0.25) is 0 Å². The summed E-state index contributed by atoms with van der Waals surface area (Å²) in [6.45, 7) is 0. The summed E-state index contributed by atoms with van der Waals surface area (Å²) < 4.78 is 5.12. The van der Waals surface area contributed by atoms with E-state index in [0.29, 0.717) is 5.03 Å². The minimum atomic E-state index is -0.439. The molecular weight excluding hydrogens is 384 g/mol. The van der Waals surface area contributed by atoms with Crippen molar-refractivity contribution in [2.24, 2.45) is 0 Å². The molecule has 6 nitrogen and oxygen atoms in total. The number of rotatable bonds is 12. The second kappa shape index (κ2) is 11.8. The van der Waals surface area contributed by atoms with Gasteiger partial charge in [0.2, 0.25) is 0 Å². The van der Waals surface area contributed by atoms with Crippen molar-refractivity contribution in [3.8, 4) is 5.75 Å². The van der Waals surface area contributed by atoms with Gasteiger partial charge in [0, 0.05) is 18.0 Å². The summed E-state index contributed by atoms with van der Waals surface area (Å²) >= 11 is 0. The van der Waals surface area contributed by atoms with Crippen LogP contribution in [0.1, 0.15) is 43.8 Å². The Morgan fingerprint density at radius 3 is 2.63 bits per heavy atom. The average molecular weight is 409 g/mol. The molecule has 146 valence electrons. The maximum Gasteiger partial charge on any atom is 0.302 e. The van der Waals surface area contributed by atoms with Gasteiger partial charge in [0.05, 0.1) is 18.1 Å². The minimum absolute atomic E-state index is 0.0579. The van der Waals surface area contributed by atoms with Gasteiger partial charge >= 0.3 is 5.69 Å². The predicted octanol–water partition coefficient (Wildman–Crippen LogP) is 5.42. The summed E-state index contributed by atoms with van der Waals surface area (Å²) in [5, 5.41) is 21.6. The van der Waals surface area contributed by atoms with Crippen molar-refractivity contribution in [3.63, 3.8) is 0 Å². The van der Waals surface area contributed by atoms with Crippen LogP contribution in [-0.2, 0) is 0 Å². The van der Waals surface area contributed by atoms with Crippen LogP contribution in [0.4, 0.5) is 5.69 Å². The molecule has 0 radical (unpaired) electrons. The number of aromatic nitrogens is 1. The maximum atomic E-state index is 10.9. The van der Waals surface area contributed by atoms with E-state index in [4.69, 9.17) is 4.74 Å². The number of nitro groups is 1. The summed E-state index contributed by atoms with van der Waals surface area (Å²) in [5.74, 6) is 1.71. The Bertz CT molecular complexity index is 713. The topological polar surface area (TPSA) is 85.5 Å². The van der Waals surface area contributed by atoms with E-state index in [-0.39, 0.29) is 5.69 Å². The molecule has 0 bridgehead atoms. The standard InChI is InChI=1S/C19H24N2O4S2/c1-25-16-11-9-15(10-12-16)18(22)8-4-2-3-5-14-26-27-19-17(21(23)24)7-6-13-20-19/h6-7,9-13,18,22H,2-5,8,14H2,1H3. The van der Waals surface area contributed by atoms with Crippen molar-refractivity contribution in [1.82, 2.24) is 4.98 Å². The number of aliphatic hydroxyl groups excluding tert-OH is 1. The van der Waals surface area contributed by atoms with Gasteiger partial charge in [-0.25, -0.2) is 4.98 Å². The van der Waals surface area contributed by atoms with E-state index in [2.05, 4.69) is 4.98 Å². The third-order valence-electron chi connectivity index (χ3n) is 4.04. The van der Waals surface area contributed by atoms with Crippen LogP contribution in [0.25, 0.3) is 0 Å². The molecule has 0 aliphatic rings. The fourth-order valence-corrected chi connectivity index (χ4v) is 4.70. The zero-order valence-electron chi connectivity index (χ0n) is 15.2. The monoisotopic (exact) mass is 408 g/mol. The van der Waals surface area contributed by atoms with Gasteiger partial charge < -0.3 is 9.84 Å². The molecule has 1 heterocycles. The van der Waals surface area contributed by atoms with Gasteiger partial charge in [-0.1, -0.05) is 42.2 Å². The van der Waals surface area contributed by atoms with Gasteiger partial charge in [-0.15, -0.1) is 0 Å². The number of pyridine rings is 1. The molecule has 2 rings (SSSR count). The maximum absolute atomic E-state index is 10.9. The highest BCUT2D eigenvalue weighted by atomic mass is 33.1. The van der Waals surface area contributed by atoms with Gasteiger partial charge in [-0.2, -0.15) is 0 Å². The lowest BCUT2D eigenvalue weighted by Gasteiger charge is -2.11. The summed E-state index contributed by atoms with van der Waals surface area (Å²) in [5.41, 5.74) is 0.974. The number of benzene rings is 1. The van der Waals surface area contributed by atoms with E-state index in [9.17, 15) is 15.2 Å². The fraction of sp³-hybridized carbons (Fsp3) is 0.421. The van der Waals surface area contributed by atoms with E-state index >= 15 is 0 Å². The van der Waals surface area contributed by atoms with Crippen molar-refractivity contribution >= 4 is 27.3 Å². The summed E-state index contributed by atoms with van der Waals surface area (Å²) in [4.78, 5) is 14.6. The molecular formula is C19H24N2O4S2. The molecule has 0 amide bonds. The Hall–Kier alpha value is -1.77. The van der Waals surface area contributed by atoms with Crippen LogP contribution in [-0.4, -0.2) is 27.9 Å². The first-order valence-corrected chi connectivity index (χ1v) is 11.1. The quantitative estimate of drug-likeness (QED) is 0.217. The number of hydrogen-bond acceptors (Lipinski definition) is 7. The number of hydrogen-bond donors (Lipinski definition) is 1. The second-order valence-corrected chi connectivity index (χ2v) is 8.39. The van der Waals surface area contributed by atoms with E-state index in [1.807, 2.05) is 24.3 Å². The number of nitrogens with zero attached hydrogens (tertiary/aromatic N) is 2. The van der Waals surface area contributed by atoms with Crippen LogP contribution in [0.5, 0.6) is 5.75 Å². The summed E-state index contributed by atoms with van der Waals surface area (Å²) in [7, 11) is 4.57. The molecule has 1 atom stereocenters. The molecule has 1 aromatic heterocycles. The van der Waals surface area contributed by atoms with Crippen molar-refractivity contribution in [3.05, 3.63) is 58.3 Å². The smallest absolute Gasteiger partial charge is 0.302 e. The molecule has 1 unspecified atom stereocenters. The molecule has 2 aromatic rings. The molecule has 0 aliphatic carbocycles. The van der Waals surface area contributed by atoms with E-state index in [1.54, 1.807) is 30.2 Å². The summed E-state index contributed by atoms with van der Waals surface area (Å²) in [6, 6.07) is 10.6. The number of unbranched alkanes of at least 4 members (excludes halogenated alkanes) is 3. The normalized spacial score (nSPS) is 11.9. The van der Waals surface area contributed by atoms with Crippen LogP contribution in [0, 0.1) is 10.1 Å². The van der Waals surface area contributed by atoms with Gasteiger partial charge in [0.15, 0.2) is 5.03 Å². The Morgan fingerprint density at radius 1 is 1.19 bits per heavy atom. The Morgan fingerprint density at radius 2 is 1.93 bits per heavy atom. The highest BCUT2D eigenvalue weighted by Gasteiger charge is 2.14. The molecule has 0 spiro atoms. The highest BCUT2D eigenvalue weighted by Crippen LogP contribution is 2.35. The molecule has 0 saturated carbocycles. The molecule has 27 heavy (non-hydrogen) atoms. The lowest BCUT2D eigenvalue weighted by Crippen LogP contribution is -1.97. The first kappa shape index (κ1) is 21.5. The van der Waals surface area contributed by atoms with E-state index < -0.39 is 11.0 Å². The van der Waals surface area contributed by atoms with E-state index in [0.717, 1.165) is 49.2 Å². The molecule has 0 fully saturated rings. The molecule has 1 N–H and O–H groups in total. The van der Waals surface area contributed by atoms with Crippen molar-refractivity contribution in [1.29, 1.82) is 0 Å². The van der Waals surface area contributed by atoms with Crippen molar-refractivity contribution in [2.75, 3.05) is 12.9 Å².